The summed E-state index contributed by atoms with van der Waals surface area (Å²) in [5, 5.41) is 3.58. The molecular weight excluding hydrogens is 379 g/mol. The molecule has 23 heavy (non-hydrogen) atoms. The molecule has 0 N–H and O–H groups in total. The zero-order valence-corrected chi connectivity index (χ0v) is 14.7. The van der Waals surface area contributed by atoms with Gasteiger partial charge in [-0.25, -0.2) is 0 Å². The van der Waals surface area contributed by atoms with E-state index < -0.39 is 11.9 Å². The van der Waals surface area contributed by atoms with Gasteiger partial charge < -0.3 is 9.64 Å². The lowest BCUT2D eigenvalue weighted by molar-refractivity contribution is -0.143. The van der Waals surface area contributed by atoms with Crippen molar-refractivity contribution in [1.29, 1.82) is 0 Å². The van der Waals surface area contributed by atoms with Gasteiger partial charge in [0.1, 0.15) is 0 Å². The van der Waals surface area contributed by atoms with E-state index in [-0.39, 0.29) is 35.6 Å². The summed E-state index contributed by atoms with van der Waals surface area (Å²) in [5.74, 6) is -0.105. The Morgan fingerprint density at radius 2 is 1.91 bits per heavy atom. The molecule has 1 amide bonds. The van der Waals surface area contributed by atoms with Crippen LogP contribution in [-0.4, -0.2) is 45.9 Å². The summed E-state index contributed by atoms with van der Waals surface area (Å²) < 4.78 is 45.2. The molecule has 0 aromatic carbocycles. The van der Waals surface area contributed by atoms with Crippen LogP contribution in [0.4, 0.5) is 13.2 Å². The summed E-state index contributed by atoms with van der Waals surface area (Å²) in [4.78, 5) is 13.9. The number of aryl methyl sites for hydroxylation is 1. The highest BCUT2D eigenvalue weighted by molar-refractivity contribution is 9.10. The lowest BCUT2D eigenvalue weighted by Gasteiger charge is -2.35. The number of morpholine rings is 1. The van der Waals surface area contributed by atoms with E-state index in [1.54, 1.807) is 4.90 Å². The molecule has 2 rings (SSSR count). The van der Waals surface area contributed by atoms with Crippen molar-refractivity contribution in [2.24, 2.45) is 0 Å². The van der Waals surface area contributed by atoms with Crippen LogP contribution in [0.15, 0.2) is 4.47 Å². The molecule has 1 aliphatic rings. The predicted octanol–water partition coefficient (Wildman–Crippen LogP) is 3.00. The molecule has 0 aliphatic carbocycles. The Balaban J connectivity index is 2.02. The number of ether oxygens (including phenoxy) is 1. The Labute approximate surface area is 140 Å². The predicted molar refractivity (Wildman–Crippen MR) is 80.9 cm³/mol. The molecule has 9 heteroatoms. The second-order valence-electron chi connectivity index (χ2n) is 5.77. The lowest BCUT2D eigenvalue weighted by atomic mass is 10.2. The average molecular weight is 398 g/mol. The number of hydrogen-bond donors (Lipinski definition) is 0. The van der Waals surface area contributed by atoms with Gasteiger partial charge in [0.2, 0.25) is 5.91 Å². The highest BCUT2D eigenvalue weighted by Gasteiger charge is 2.38. The van der Waals surface area contributed by atoms with Gasteiger partial charge in [0.25, 0.3) is 0 Å². The first kappa shape index (κ1) is 18.3. The minimum absolute atomic E-state index is 0.0416. The van der Waals surface area contributed by atoms with E-state index in [1.807, 2.05) is 13.8 Å². The van der Waals surface area contributed by atoms with Crippen molar-refractivity contribution < 1.29 is 22.7 Å². The SMILES string of the molecule is Cc1c(Br)c(C(F)(F)F)nn1CCC(=O)N1CC(C)OC(C)C1. The van der Waals surface area contributed by atoms with Gasteiger partial charge in [-0.3, -0.25) is 9.48 Å². The van der Waals surface area contributed by atoms with E-state index in [2.05, 4.69) is 21.0 Å². The van der Waals surface area contributed by atoms with Crippen molar-refractivity contribution in [3.63, 3.8) is 0 Å². The first-order valence-corrected chi connectivity index (χ1v) is 8.12. The number of aromatic nitrogens is 2. The van der Waals surface area contributed by atoms with Gasteiger partial charge in [-0.15, -0.1) is 0 Å². The van der Waals surface area contributed by atoms with Crippen LogP contribution in [0, 0.1) is 6.92 Å². The highest BCUT2D eigenvalue weighted by Crippen LogP contribution is 2.35. The van der Waals surface area contributed by atoms with Gasteiger partial charge in [-0.2, -0.15) is 18.3 Å². The van der Waals surface area contributed by atoms with Crippen molar-refractivity contribution in [3.8, 4) is 0 Å². The number of rotatable bonds is 3. The van der Waals surface area contributed by atoms with Crippen LogP contribution in [0.5, 0.6) is 0 Å². The Bertz CT molecular complexity index is 579. The highest BCUT2D eigenvalue weighted by atomic mass is 79.9. The van der Waals surface area contributed by atoms with Crippen LogP contribution in [0.2, 0.25) is 0 Å². The number of nitrogens with zero attached hydrogens (tertiary/aromatic N) is 3. The third-order valence-corrected chi connectivity index (χ3v) is 4.66. The largest absolute Gasteiger partial charge is 0.436 e. The van der Waals surface area contributed by atoms with Crippen LogP contribution in [0.25, 0.3) is 0 Å². The molecule has 5 nitrogen and oxygen atoms in total. The van der Waals surface area contributed by atoms with Crippen molar-refractivity contribution in [2.45, 2.75) is 52.1 Å². The third kappa shape index (κ3) is 4.26. The number of alkyl halides is 3. The van der Waals surface area contributed by atoms with E-state index in [0.29, 0.717) is 18.8 Å². The smallest absolute Gasteiger partial charge is 0.372 e. The van der Waals surface area contributed by atoms with Gasteiger partial charge in [0, 0.05) is 19.5 Å². The Morgan fingerprint density at radius 3 is 2.39 bits per heavy atom. The Morgan fingerprint density at radius 1 is 1.35 bits per heavy atom. The minimum Gasteiger partial charge on any atom is -0.372 e. The van der Waals surface area contributed by atoms with Crippen molar-refractivity contribution in [1.82, 2.24) is 14.7 Å². The summed E-state index contributed by atoms with van der Waals surface area (Å²) in [6, 6.07) is 0. The number of carbonyl (C=O) groups is 1. The van der Waals surface area contributed by atoms with Crippen LogP contribution in [-0.2, 0) is 22.3 Å². The number of halogens is 4. The molecule has 0 bridgehead atoms. The van der Waals surface area contributed by atoms with E-state index >= 15 is 0 Å². The second kappa shape index (κ2) is 6.80. The second-order valence-corrected chi connectivity index (χ2v) is 6.57. The standard InChI is InChI=1S/C14H19BrF3N3O2/c1-8-6-20(7-9(2)23-8)11(22)4-5-21-10(3)12(15)13(19-21)14(16,17)18/h8-9H,4-7H2,1-3H3. The molecule has 0 saturated carbocycles. The normalized spacial score (nSPS) is 22.5. The van der Waals surface area contributed by atoms with E-state index in [4.69, 9.17) is 4.74 Å². The average Bonchev–Trinajstić information content (AvgIpc) is 2.71. The molecule has 2 unspecified atom stereocenters. The molecular formula is C14H19BrF3N3O2. The van der Waals surface area contributed by atoms with Crippen LogP contribution in [0.1, 0.15) is 31.7 Å². The fourth-order valence-electron chi connectivity index (χ4n) is 2.66. The van der Waals surface area contributed by atoms with E-state index in [0.717, 1.165) is 0 Å². The van der Waals surface area contributed by atoms with E-state index in [9.17, 15) is 18.0 Å². The molecule has 0 radical (unpaired) electrons. The molecule has 1 saturated heterocycles. The monoisotopic (exact) mass is 397 g/mol. The summed E-state index contributed by atoms with van der Waals surface area (Å²) in [5.41, 5.74) is -0.607. The summed E-state index contributed by atoms with van der Waals surface area (Å²) in [6.07, 6.45) is -4.50. The van der Waals surface area contributed by atoms with Crippen molar-refractivity contribution in [2.75, 3.05) is 13.1 Å². The maximum atomic E-state index is 12.8. The summed E-state index contributed by atoms with van der Waals surface area (Å²) in [6.45, 7) is 6.42. The third-order valence-electron chi connectivity index (χ3n) is 3.71. The molecule has 1 fully saturated rings. The molecule has 2 heterocycles. The maximum Gasteiger partial charge on any atom is 0.436 e. The fourth-order valence-corrected chi connectivity index (χ4v) is 3.17. The molecule has 2 atom stereocenters. The van der Waals surface area contributed by atoms with Gasteiger partial charge in [-0.05, 0) is 36.7 Å². The lowest BCUT2D eigenvalue weighted by Crippen LogP contribution is -2.48. The fraction of sp³-hybridized carbons (Fsp3) is 0.714. The molecule has 1 aromatic rings. The first-order valence-electron chi connectivity index (χ1n) is 7.33. The van der Waals surface area contributed by atoms with Crippen LogP contribution < -0.4 is 0 Å². The van der Waals surface area contributed by atoms with Crippen LogP contribution in [0.3, 0.4) is 0 Å². The summed E-state index contributed by atoms with van der Waals surface area (Å²) in [7, 11) is 0. The molecule has 1 aliphatic heterocycles. The first-order chi connectivity index (χ1) is 10.6. The maximum absolute atomic E-state index is 12.8. The number of carbonyl (C=O) groups excluding carboxylic acids is 1. The zero-order chi connectivity index (χ0) is 17.4. The number of amides is 1. The molecule has 0 spiro atoms. The minimum atomic E-state index is -4.52. The molecule has 130 valence electrons. The zero-order valence-electron chi connectivity index (χ0n) is 13.2. The van der Waals surface area contributed by atoms with Gasteiger partial charge in [-0.1, -0.05) is 0 Å². The van der Waals surface area contributed by atoms with Gasteiger partial charge in [0.05, 0.1) is 28.9 Å². The summed E-state index contributed by atoms with van der Waals surface area (Å²) >= 11 is 2.92. The molecule has 1 aromatic heterocycles. The number of hydrogen-bond acceptors (Lipinski definition) is 3. The van der Waals surface area contributed by atoms with Crippen LogP contribution >= 0.6 is 15.9 Å². The van der Waals surface area contributed by atoms with Crippen molar-refractivity contribution in [3.05, 3.63) is 15.9 Å². The topological polar surface area (TPSA) is 47.4 Å². The van der Waals surface area contributed by atoms with Crippen molar-refractivity contribution >= 4 is 21.8 Å². The van der Waals surface area contributed by atoms with E-state index in [1.165, 1.54) is 11.6 Å². The Hall–Kier alpha value is -1.09. The Kier molecular flexibility index (Phi) is 5.40. The van der Waals surface area contributed by atoms with Gasteiger partial charge >= 0.3 is 6.18 Å². The quantitative estimate of drug-likeness (QED) is 0.787. The van der Waals surface area contributed by atoms with Gasteiger partial charge in [0.15, 0.2) is 5.69 Å².